The van der Waals surface area contributed by atoms with Crippen molar-refractivity contribution in [3.8, 4) is 6.07 Å². The fourth-order valence-electron chi connectivity index (χ4n) is 2.98. The predicted octanol–water partition coefficient (Wildman–Crippen LogP) is 3.78. The van der Waals surface area contributed by atoms with Gasteiger partial charge < -0.3 is 10.6 Å². The van der Waals surface area contributed by atoms with E-state index >= 15 is 0 Å². The third-order valence-corrected chi connectivity index (χ3v) is 4.90. The Morgan fingerprint density at radius 3 is 2.54 bits per heavy atom. The normalized spacial score (nSPS) is 16.7. The number of aromatic nitrogens is 1. The van der Waals surface area contributed by atoms with Crippen molar-refractivity contribution < 1.29 is 4.79 Å². The van der Waals surface area contributed by atoms with Crippen LogP contribution in [0.2, 0.25) is 0 Å². The standard InChI is InChI=1S/C20H18N4OS/c1-13-17(19(25)24-15-6-4-3-5-7-15)18(14-8-10-22-11-9-14)16(12-21)20(23-13)26-2/h3-11,18,23H,1-2H3,(H,24,25)/t18-/m1/s1. The number of hydrogen-bond acceptors (Lipinski definition) is 5. The Kier molecular flexibility index (Phi) is 5.40. The lowest BCUT2D eigenvalue weighted by molar-refractivity contribution is -0.113. The van der Waals surface area contributed by atoms with Gasteiger partial charge in [-0.25, -0.2) is 0 Å². The van der Waals surface area contributed by atoms with Gasteiger partial charge in [-0.05, 0) is 43.0 Å². The van der Waals surface area contributed by atoms with Gasteiger partial charge >= 0.3 is 0 Å². The monoisotopic (exact) mass is 362 g/mol. The number of rotatable bonds is 4. The molecule has 1 aromatic carbocycles. The first-order chi connectivity index (χ1) is 12.7. The number of carbonyl (C=O) groups is 1. The molecule has 0 bridgehead atoms. The van der Waals surface area contributed by atoms with Gasteiger partial charge in [0.15, 0.2) is 0 Å². The van der Waals surface area contributed by atoms with Crippen molar-refractivity contribution in [1.29, 1.82) is 5.26 Å². The summed E-state index contributed by atoms with van der Waals surface area (Å²) in [4.78, 5) is 17.1. The van der Waals surface area contributed by atoms with Gasteiger partial charge in [0.25, 0.3) is 5.91 Å². The number of para-hydroxylation sites is 1. The second-order valence-corrected chi connectivity index (χ2v) is 6.57. The van der Waals surface area contributed by atoms with Crippen LogP contribution in [0.1, 0.15) is 18.4 Å². The Morgan fingerprint density at radius 1 is 1.23 bits per heavy atom. The van der Waals surface area contributed by atoms with E-state index in [9.17, 15) is 10.1 Å². The molecular formula is C20H18N4OS. The average Bonchev–Trinajstić information content (AvgIpc) is 2.68. The van der Waals surface area contributed by atoms with Crippen molar-refractivity contribution in [2.24, 2.45) is 0 Å². The zero-order valence-electron chi connectivity index (χ0n) is 14.5. The SMILES string of the molecule is CSC1=C(C#N)[C@@H](c2ccncc2)C(C(=O)Nc2ccccc2)=C(C)N1. The maximum atomic E-state index is 13.1. The second-order valence-electron chi connectivity index (χ2n) is 5.76. The quantitative estimate of drug-likeness (QED) is 0.865. The molecule has 1 atom stereocenters. The van der Waals surface area contributed by atoms with Crippen molar-refractivity contribution in [1.82, 2.24) is 10.3 Å². The number of nitrogens with one attached hydrogen (secondary N) is 2. The van der Waals surface area contributed by atoms with Crippen LogP contribution >= 0.6 is 11.8 Å². The highest BCUT2D eigenvalue weighted by molar-refractivity contribution is 8.02. The third-order valence-electron chi connectivity index (χ3n) is 4.17. The van der Waals surface area contributed by atoms with Gasteiger partial charge in [-0.15, -0.1) is 11.8 Å². The van der Waals surface area contributed by atoms with Crippen molar-refractivity contribution >= 4 is 23.4 Å². The number of anilines is 1. The average molecular weight is 362 g/mol. The van der Waals surface area contributed by atoms with E-state index < -0.39 is 5.92 Å². The summed E-state index contributed by atoms with van der Waals surface area (Å²) < 4.78 is 0. The van der Waals surface area contributed by atoms with Crippen molar-refractivity contribution in [3.63, 3.8) is 0 Å². The maximum Gasteiger partial charge on any atom is 0.254 e. The first kappa shape index (κ1) is 17.8. The molecule has 0 saturated heterocycles. The second kappa shape index (κ2) is 7.89. The maximum absolute atomic E-state index is 13.1. The van der Waals surface area contributed by atoms with Gasteiger partial charge in [0, 0.05) is 29.4 Å². The summed E-state index contributed by atoms with van der Waals surface area (Å²) in [5.41, 5.74) is 3.39. The molecule has 0 unspecified atom stereocenters. The number of pyridine rings is 1. The van der Waals surface area contributed by atoms with E-state index in [1.807, 2.05) is 55.6 Å². The van der Waals surface area contributed by atoms with Crippen LogP contribution in [0.3, 0.4) is 0 Å². The number of dihydropyridines is 1. The Morgan fingerprint density at radius 2 is 1.92 bits per heavy atom. The summed E-state index contributed by atoms with van der Waals surface area (Å²) in [6.07, 6.45) is 5.26. The number of nitrogens with zero attached hydrogens (tertiary/aromatic N) is 2. The number of benzene rings is 1. The number of thioether (sulfide) groups is 1. The molecule has 6 heteroatoms. The summed E-state index contributed by atoms with van der Waals surface area (Å²) in [6, 6.07) is 15.3. The largest absolute Gasteiger partial charge is 0.353 e. The van der Waals surface area contributed by atoms with Crippen LogP contribution in [0.25, 0.3) is 0 Å². The highest BCUT2D eigenvalue weighted by Gasteiger charge is 2.34. The molecule has 5 nitrogen and oxygen atoms in total. The predicted molar refractivity (Wildman–Crippen MR) is 104 cm³/mol. The fourth-order valence-corrected chi connectivity index (χ4v) is 3.62. The summed E-state index contributed by atoms with van der Waals surface area (Å²) in [6.45, 7) is 1.86. The van der Waals surface area contributed by atoms with E-state index in [0.29, 0.717) is 16.8 Å². The summed E-state index contributed by atoms with van der Waals surface area (Å²) >= 11 is 1.46. The van der Waals surface area contributed by atoms with Crippen LogP contribution in [0.4, 0.5) is 5.69 Å². The van der Waals surface area contributed by atoms with E-state index in [1.165, 1.54) is 11.8 Å². The van der Waals surface area contributed by atoms with Crippen molar-refractivity contribution in [2.45, 2.75) is 12.8 Å². The molecule has 2 heterocycles. The van der Waals surface area contributed by atoms with Gasteiger partial charge in [-0.1, -0.05) is 18.2 Å². The molecule has 3 rings (SSSR count). The Labute approximate surface area is 156 Å². The smallest absolute Gasteiger partial charge is 0.254 e. The molecule has 1 aliphatic heterocycles. The first-order valence-electron chi connectivity index (χ1n) is 8.08. The highest BCUT2D eigenvalue weighted by Crippen LogP contribution is 2.40. The minimum Gasteiger partial charge on any atom is -0.353 e. The lowest BCUT2D eigenvalue weighted by atomic mass is 9.82. The van der Waals surface area contributed by atoms with E-state index in [1.54, 1.807) is 12.4 Å². The fraction of sp³-hybridized carbons (Fsp3) is 0.150. The van der Waals surface area contributed by atoms with Gasteiger partial charge in [-0.3, -0.25) is 9.78 Å². The lowest BCUT2D eigenvalue weighted by Gasteiger charge is -2.29. The number of carbonyl (C=O) groups excluding carboxylic acids is 1. The zero-order valence-corrected chi connectivity index (χ0v) is 15.3. The number of nitriles is 1. The minimum absolute atomic E-state index is 0.226. The van der Waals surface area contributed by atoms with Gasteiger partial charge in [0.05, 0.1) is 22.6 Å². The van der Waals surface area contributed by atoms with Crippen LogP contribution < -0.4 is 10.6 Å². The molecule has 130 valence electrons. The van der Waals surface area contributed by atoms with Gasteiger partial charge in [-0.2, -0.15) is 5.26 Å². The first-order valence-corrected chi connectivity index (χ1v) is 9.30. The number of allylic oxidation sites excluding steroid dienone is 2. The Balaban J connectivity index is 2.06. The lowest BCUT2D eigenvalue weighted by Crippen LogP contribution is -2.30. The molecule has 26 heavy (non-hydrogen) atoms. The Hall–Kier alpha value is -3.04. The van der Waals surface area contributed by atoms with Crippen LogP contribution in [0.5, 0.6) is 0 Å². The topological polar surface area (TPSA) is 77.8 Å². The van der Waals surface area contributed by atoms with Crippen molar-refractivity contribution in [2.75, 3.05) is 11.6 Å². The molecule has 1 aromatic heterocycles. The summed E-state index contributed by atoms with van der Waals surface area (Å²) in [7, 11) is 0. The molecular weight excluding hydrogens is 344 g/mol. The zero-order chi connectivity index (χ0) is 18.5. The molecule has 1 aliphatic rings. The van der Waals surface area contributed by atoms with Crippen LogP contribution in [-0.4, -0.2) is 17.1 Å². The third kappa shape index (κ3) is 3.48. The molecule has 0 saturated carbocycles. The Bertz CT molecular complexity index is 914. The molecule has 0 spiro atoms. The number of amides is 1. The van der Waals surface area contributed by atoms with E-state index in [0.717, 1.165) is 16.3 Å². The molecule has 0 fully saturated rings. The summed E-state index contributed by atoms with van der Waals surface area (Å²) in [5, 5.41) is 16.7. The van der Waals surface area contributed by atoms with Crippen LogP contribution in [0, 0.1) is 11.3 Å². The minimum atomic E-state index is -0.435. The number of hydrogen-bond donors (Lipinski definition) is 2. The molecule has 0 aliphatic carbocycles. The van der Waals surface area contributed by atoms with Crippen molar-refractivity contribution in [3.05, 3.63) is 82.3 Å². The van der Waals surface area contributed by atoms with Gasteiger partial charge in [0.1, 0.15) is 0 Å². The van der Waals surface area contributed by atoms with Crippen LogP contribution in [0.15, 0.2) is 76.7 Å². The van der Waals surface area contributed by atoms with E-state index in [2.05, 4.69) is 21.7 Å². The molecule has 2 N–H and O–H groups in total. The highest BCUT2D eigenvalue weighted by atomic mass is 32.2. The molecule has 1 amide bonds. The van der Waals surface area contributed by atoms with Crippen LogP contribution in [-0.2, 0) is 4.79 Å². The summed E-state index contributed by atoms with van der Waals surface area (Å²) in [5.74, 6) is -0.661. The molecule has 0 radical (unpaired) electrons. The van der Waals surface area contributed by atoms with E-state index in [-0.39, 0.29) is 5.91 Å². The van der Waals surface area contributed by atoms with E-state index in [4.69, 9.17) is 0 Å². The van der Waals surface area contributed by atoms with Gasteiger partial charge in [0.2, 0.25) is 0 Å². The molecule has 2 aromatic rings.